The summed E-state index contributed by atoms with van der Waals surface area (Å²) in [4.78, 5) is 40.2. The lowest BCUT2D eigenvalue weighted by Crippen LogP contribution is -2.55. The van der Waals surface area contributed by atoms with Crippen molar-refractivity contribution in [1.82, 2.24) is 29.7 Å². The second kappa shape index (κ2) is 14.4. The Morgan fingerprint density at radius 2 is 1.90 bits per heavy atom. The van der Waals surface area contributed by atoms with Crippen molar-refractivity contribution in [2.75, 3.05) is 61.9 Å². The molecule has 3 aromatic rings. The van der Waals surface area contributed by atoms with E-state index in [4.69, 9.17) is 14.5 Å². The number of pyridine rings is 2. The van der Waals surface area contributed by atoms with Gasteiger partial charge in [0.25, 0.3) is 5.91 Å². The van der Waals surface area contributed by atoms with E-state index in [2.05, 4.69) is 56.3 Å². The number of carbonyl (C=O) groups excluding carboxylic acids is 1. The summed E-state index contributed by atoms with van der Waals surface area (Å²) in [7, 11) is -0.973. The van der Waals surface area contributed by atoms with Gasteiger partial charge in [-0.3, -0.25) is 9.78 Å². The highest BCUT2D eigenvalue weighted by Gasteiger charge is 2.38. The first kappa shape index (κ1) is 35.7. The smallest absolute Gasteiger partial charge is 0.282 e. The van der Waals surface area contributed by atoms with Crippen LogP contribution in [0.1, 0.15) is 53.8 Å². The van der Waals surface area contributed by atoms with Crippen molar-refractivity contribution in [3.63, 3.8) is 0 Å². The zero-order valence-corrected chi connectivity index (χ0v) is 30.8. The van der Waals surface area contributed by atoms with Crippen LogP contribution < -0.4 is 14.5 Å². The maximum Gasteiger partial charge on any atom is 0.282 e. The molecular formula is C37H45FN10O3S. The van der Waals surface area contributed by atoms with Crippen LogP contribution in [0.25, 0.3) is 11.1 Å². The SMILES string of the molecule is C=C(F)C(=O)N1CCN(c2nc(OC[C@@H]3CCCN3C)c(-c3c(C)ccnc3C)c3c2CCN(c2ncnc4c2S(=N)(=O)CCC4)C3)C[C@@H]1CC#N. The van der Waals surface area contributed by atoms with Crippen LogP contribution >= 0.6 is 0 Å². The molecule has 0 aliphatic carbocycles. The number of aromatic nitrogens is 4. The topological polar surface area (TPSA) is 156 Å². The normalized spacial score (nSPS) is 23.2. The van der Waals surface area contributed by atoms with E-state index in [-0.39, 0.29) is 31.3 Å². The van der Waals surface area contributed by atoms with E-state index >= 15 is 0 Å². The van der Waals surface area contributed by atoms with E-state index in [0.717, 1.165) is 52.9 Å². The van der Waals surface area contributed by atoms with Gasteiger partial charge >= 0.3 is 0 Å². The van der Waals surface area contributed by atoms with Crippen LogP contribution in [0.15, 0.2) is 35.9 Å². The molecule has 2 fully saturated rings. The van der Waals surface area contributed by atoms with Gasteiger partial charge in [0.1, 0.15) is 29.5 Å². The fourth-order valence-electron chi connectivity index (χ4n) is 8.27. The Kier molecular flexibility index (Phi) is 9.88. The number of hydrogen-bond donors (Lipinski definition) is 1. The molecule has 0 saturated carbocycles. The van der Waals surface area contributed by atoms with Crippen molar-refractivity contribution < 1.29 is 18.1 Å². The molecule has 274 valence electrons. The quantitative estimate of drug-likeness (QED) is 0.329. The lowest BCUT2D eigenvalue weighted by atomic mass is 9.89. The second-order valence-corrected chi connectivity index (χ2v) is 16.4. The Labute approximate surface area is 304 Å². The number of rotatable bonds is 8. The van der Waals surface area contributed by atoms with Crippen LogP contribution in [0.3, 0.4) is 0 Å². The van der Waals surface area contributed by atoms with Crippen LogP contribution in [0, 0.1) is 30.0 Å². The lowest BCUT2D eigenvalue weighted by molar-refractivity contribution is -0.131. The summed E-state index contributed by atoms with van der Waals surface area (Å²) < 4.78 is 43.4. The Balaban J connectivity index is 1.39. The third-order valence-electron chi connectivity index (χ3n) is 11.0. The number of anilines is 2. The Morgan fingerprint density at radius 3 is 2.63 bits per heavy atom. The largest absolute Gasteiger partial charge is 0.475 e. The van der Waals surface area contributed by atoms with E-state index in [9.17, 15) is 18.7 Å². The Bertz CT molecular complexity index is 2050. The molecule has 1 N–H and O–H groups in total. The molecule has 13 nitrogen and oxygen atoms in total. The van der Waals surface area contributed by atoms with Crippen molar-refractivity contribution in [1.29, 1.82) is 10.0 Å². The minimum Gasteiger partial charge on any atom is -0.475 e. The summed E-state index contributed by atoms with van der Waals surface area (Å²) in [5.41, 5.74) is 6.27. The first-order valence-electron chi connectivity index (χ1n) is 17.9. The molecule has 2 saturated heterocycles. The summed E-state index contributed by atoms with van der Waals surface area (Å²) in [5.74, 6) is 0.135. The number of nitrogens with zero attached hydrogens (tertiary/aromatic N) is 9. The first-order valence-corrected chi connectivity index (χ1v) is 19.6. The van der Waals surface area contributed by atoms with Gasteiger partial charge in [-0.25, -0.2) is 23.3 Å². The predicted molar refractivity (Wildman–Crippen MR) is 195 cm³/mol. The van der Waals surface area contributed by atoms with Crippen molar-refractivity contribution >= 4 is 27.3 Å². The summed E-state index contributed by atoms with van der Waals surface area (Å²) in [6, 6.07) is 3.82. The molecule has 0 spiro atoms. The molecule has 4 aliphatic rings. The van der Waals surface area contributed by atoms with Crippen LogP contribution in [-0.4, -0.2) is 104 Å². The maximum atomic E-state index is 14.1. The van der Waals surface area contributed by atoms with Crippen molar-refractivity contribution in [3.8, 4) is 23.1 Å². The number of fused-ring (bicyclic) bond motifs is 2. The van der Waals surface area contributed by atoms with Gasteiger partial charge in [-0.05, 0) is 76.7 Å². The number of likely N-dealkylation sites (tertiary alicyclic amines) is 1. The van der Waals surface area contributed by atoms with Crippen molar-refractivity contribution in [2.24, 2.45) is 0 Å². The zero-order valence-electron chi connectivity index (χ0n) is 30.0. The van der Waals surface area contributed by atoms with Gasteiger partial charge in [0.05, 0.1) is 39.5 Å². The highest BCUT2D eigenvalue weighted by Crippen LogP contribution is 2.45. The van der Waals surface area contributed by atoms with Crippen LogP contribution in [0.4, 0.5) is 16.0 Å². The molecule has 3 atom stereocenters. The standard InChI is InChI=1S/C37H45FN10O3S/c1-23-10-13-41-25(3)31(23)32-29-20-46(35-33-30(42-22-43-35)8-6-18-52(33,40)50)15-11-28(29)34(44-36(32)51-21-27-7-5-14-45(27)4)47-16-17-48(37(49)24(2)38)26(19-47)9-12-39/h10,13,22,26-27,40H,2,5-9,11,14-21H2,1,3-4H3/t26-,27-,52?/m0/s1. The maximum absolute atomic E-state index is 14.1. The molecule has 1 unspecified atom stereocenters. The third-order valence-corrected chi connectivity index (χ3v) is 12.9. The molecule has 0 bridgehead atoms. The minimum atomic E-state index is -3.08. The van der Waals surface area contributed by atoms with Crippen LogP contribution in [-0.2, 0) is 33.9 Å². The minimum absolute atomic E-state index is 0.0280. The number of amides is 1. The second-order valence-electron chi connectivity index (χ2n) is 14.2. The molecule has 0 aromatic carbocycles. The van der Waals surface area contributed by atoms with E-state index in [1.54, 1.807) is 6.20 Å². The van der Waals surface area contributed by atoms with Crippen LogP contribution in [0.2, 0.25) is 0 Å². The van der Waals surface area contributed by atoms with E-state index in [1.807, 2.05) is 13.0 Å². The number of ether oxygens (including phenoxy) is 1. The average Bonchev–Trinajstić information content (AvgIpc) is 3.54. The molecule has 52 heavy (non-hydrogen) atoms. The zero-order chi connectivity index (χ0) is 36.7. The molecule has 3 aromatic heterocycles. The summed E-state index contributed by atoms with van der Waals surface area (Å²) >= 11 is 0. The van der Waals surface area contributed by atoms with Crippen molar-refractivity contribution in [3.05, 3.63) is 59.1 Å². The Morgan fingerprint density at radius 1 is 1.08 bits per heavy atom. The summed E-state index contributed by atoms with van der Waals surface area (Å²) in [6.45, 7) is 10.5. The first-order chi connectivity index (χ1) is 25.0. The highest BCUT2D eigenvalue weighted by molar-refractivity contribution is 7.92. The van der Waals surface area contributed by atoms with Gasteiger partial charge in [-0.1, -0.05) is 6.58 Å². The van der Waals surface area contributed by atoms with E-state index in [1.165, 1.54) is 11.2 Å². The molecule has 15 heteroatoms. The summed E-state index contributed by atoms with van der Waals surface area (Å²) in [6.07, 6.45) is 7.29. The molecule has 7 rings (SSSR count). The number of likely N-dealkylation sites (N-methyl/N-ethyl adjacent to an activating group) is 1. The molecule has 1 amide bonds. The fraction of sp³-hybridized carbons (Fsp3) is 0.514. The molecular weight excluding hydrogens is 684 g/mol. The lowest BCUT2D eigenvalue weighted by Gasteiger charge is -2.43. The third kappa shape index (κ3) is 6.58. The van der Waals surface area contributed by atoms with E-state index < -0.39 is 27.5 Å². The van der Waals surface area contributed by atoms with Gasteiger partial charge in [0.2, 0.25) is 5.88 Å². The van der Waals surface area contributed by atoms with Gasteiger partial charge in [-0.2, -0.15) is 10.2 Å². The van der Waals surface area contributed by atoms with Crippen LogP contribution in [0.5, 0.6) is 5.88 Å². The van der Waals surface area contributed by atoms with Gasteiger partial charge in [0, 0.05) is 67.5 Å². The Hall–Kier alpha value is -4.68. The van der Waals surface area contributed by atoms with Gasteiger partial charge < -0.3 is 24.3 Å². The molecule has 4 aliphatic heterocycles. The number of nitriles is 1. The van der Waals surface area contributed by atoms with Crippen molar-refractivity contribution in [2.45, 2.75) is 75.9 Å². The molecule has 7 heterocycles. The van der Waals surface area contributed by atoms with Gasteiger partial charge in [-0.15, -0.1) is 0 Å². The number of hydrogen-bond acceptors (Lipinski definition) is 12. The number of aryl methyl sites for hydroxylation is 3. The predicted octanol–water partition coefficient (Wildman–Crippen LogP) is 4.35. The monoisotopic (exact) mass is 728 g/mol. The number of nitrogens with one attached hydrogen (secondary N) is 1. The highest BCUT2D eigenvalue weighted by atomic mass is 32.2. The van der Waals surface area contributed by atoms with E-state index in [0.29, 0.717) is 73.6 Å². The fourth-order valence-corrected chi connectivity index (χ4v) is 10.0. The summed E-state index contributed by atoms with van der Waals surface area (Å²) in [5, 5.41) is 9.70. The number of piperazine rings is 1. The number of carbonyl (C=O) groups is 1. The van der Waals surface area contributed by atoms with Gasteiger partial charge in [0.15, 0.2) is 5.83 Å². The molecule has 0 radical (unpaired) electrons. The average molecular weight is 729 g/mol. The number of halogens is 1.